The summed E-state index contributed by atoms with van der Waals surface area (Å²) in [6, 6.07) is 17.0. The van der Waals surface area contributed by atoms with Crippen molar-refractivity contribution >= 4 is 5.97 Å². The number of rotatable bonds is 3. The highest BCUT2D eigenvalue weighted by molar-refractivity contribution is 5.71. The van der Waals surface area contributed by atoms with Crippen molar-refractivity contribution in [1.82, 2.24) is 0 Å². The zero-order valence-corrected chi connectivity index (χ0v) is 16.5. The van der Waals surface area contributed by atoms with Crippen LogP contribution in [0.1, 0.15) is 55.2 Å². The van der Waals surface area contributed by atoms with Gasteiger partial charge in [0.2, 0.25) is 0 Å². The molecule has 1 aliphatic heterocycles. The number of carbonyl (C=O) groups excluding carboxylic acids is 1. The van der Waals surface area contributed by atoms with Crippen LogP contribution in [0.25, 0.3) is 0 Å². The molecule has 2 aromatic rings. The molecule has 146 valence electrons. The number of ether oxygens (including phenoxy) is 2. The first-order valence-corrected chi connectivity index (χ1v) is 10.6. The minimum absolute atomic E-state index is 0.00131. The van der Waals surface area contributed by atoms with Crippen LogP contribution in [0.5, 0.6) is 5.75 Å². The third kappa shape index (κ3) is 3.11. The van der Waals surface area contributed by atoms with Crippen LogP contribution in [-0.2, 0) is 22.6 Å². The van der Waals surface area contributed by atoms with E-state index in [1.165, 1.54) is 29.5 Å². The van der Waals surface area contributed by atoms with E-state index in [1.54, 1.807) is 0 Å². The average molecular weight is 376 g/mol. The molecule has 0 aromatic heterocycles. The van der Waals surface area contributed by atoms with Gasteiger partial charge in [0, 0.05) is 11.8 Å². The van der Waals surface area contributed by atoms with Crippen molar-refractivity contribution in [1.29, 1.82) is 0 Å². The molecule has 3 heteroatoms. The second-order valence-corrected chi connectivity index (χ2v) is 9.11. The molecule has 3 nitrogen and oxygen atoms in total. The van der Waals surface area contributed by atoms with Gasteiger partial charge in [0.05, 0.1) is 6.61 Å². The molecule has 2 fully saturated rings. The van der Waals surface area contributed by atoms with Crippen LogP contribution in [0.2, 0.25) is 0 Å². The van der Waals surface area contributed by atoms with Crippen molar-refractivity contribution in [3.8, 4) is 5.75 Å². The van der Waals surface area contributed by atoms with Crippen LogP contribution < -0.4 is 4.74 Å². The Labute approximate surface area is 167 Å². The fraction of sp³-hybridized carbons (Fsp3) is 0.480. The van der Waals surface area contributed by atoms with E-state index in [9.17, 15) is 4.79 Å². The number of benzene rings is 2. The highest BCUT2D eigenvalue weighted by Gasteiger charge is 2.51. The Balaban J connectivity index is 1.35. The van der Waals surface area contributed by atoms with Gasteiger partial charge in [-0.25, -0.2) is 0 Å². The predicted octanol–water partition coefficient (Wildman–Crippen LogP) is 5.27. The molecule has 28 heavy (non-hydrogen) atoms. The number of esters is 1. The normalized spacial score (nSPS) is 31.2. The third-order valence-corrected chi connectivity index (χ3v) is 7.41. The topological polar surface area (TPSA) is 35.5 Å². The SMILES string of the molecule is C[C@]12CC[C@@H]3c4ccc(OCc5ccccc5)cc4CC[C@H]3[C@@H]1CC(=O)OC2. The molecule has 1 heterocycles. The number of cyclic esters (lactones) is 1. The molecule has 5 rings (SSSR count). The lowest BCUT2D eigenvalue weighted by molar-refractivity contribution is -0.166. The monoisotopic (exact) mass is 376 g/mol. The second-order valence-electron chi connectivity index (χ2n) is 9.11. The van der Waals surface area contributed by atoms with E-state index >= 15 is 0 Å². The van der Waals surface area contributed by atoms with Gasteiger partial charge in [-0.3, -0.25) is 4.79 Å². The fourth-order valence-corrected chi connectivity index (χ4v) is 5.84. The summed E-state index contributed by atoms with van der Waals surface area (Å²) in [6.45, 7) is 3.55. The highest BCUT2D eigenvalue weighted by atomic mass is 16.5. The third-order valence-electron chi connectivity index (χ3n) is 7.41. The maximum absolute atomic E-state index is 12.0. The summed E-state index contributed by atoms with van der Waals surface area (Å²) in [5.74, 6) is 2.61. The van der Waals surface area contributed by atoms with Gasteiger partial charge in [0.15, 0.2) is 0 Å². The van der Waals surface area contributed by atoms with E-state index in [0.29, 0.717) is 37.4 Å². The summed E-state index contributed by atoms with van der Waals surface area (Å²) in [5, 5.41) is 0. The zero-order valence-electron chi connectivity index (χ0n) is 16.5. The Bertz CT molecular complexity index is 875. The van der Waals surface area contributed by atoms with Gasteiger partial charge in [-0.2, -0.15) is 0 Å². The van der Waals surface area contributed by atoms with Crippen molar-refractivity contribution in [2.45, 2.75) is 51.6 Å². The van der Waals surface area contributed by atoms with Crippen LogP contribution >= 0.6 is 0 Å². The maximum Gasteiger partial charge on any atom is 0.306 e. The second kappa shape index (κ2) is 6.95. The predicted molar refractivity (Wildman–Crippen MR) is 108 cm³/mol. The number of hydrogen-bond acceptors (Lipinski definition) is 3. The molecule has 1 saturated carbocycles. The minimum Gasteiger partial charge on any atom is -0.489 e. The maximum atomic E-state index is 12.0. The summed E-state index contributed by atoms with van der Waals surface area (Å²) in [5.41, 5.74) is 4.29. The first kappa shape index (κ1) is 17.8. The lowest BCUT2D eigenvalue weighted by Gasteiger charge is -2.53. The number of carbonyl (C=O) groups is 1. The Morgan fingerprint density at radius 3 is 2.86 bits per heavy atom. The van der Waals surface area contributed by atoms with E-state index in [1.807, 2.05) is 18.2 Å². The quantitative estimate of drug-likeness (QED) is 0.684. The smallest absolute Gasteiger partial charge is 0.306 e. The van der Waals surface area contributed by atoms with Crippen LogP contribution in [0.15, 0.2) is 48.5 Å². The van der Waals surface area contributed by atoms with Gasteiger partial charge < -0.3 is 9.47 Å². The minimum atomic E-state index is -0.00131. The molecule has 4 atom stereocenters. The number of aryl methyl sites for hydroxylation is 1. The van der Waals surface area contributed by atoms with Gasteiger partial charge in [-0.1, -0.05) is 43.3 Å². The van der Waals surface area contributed by atoms with E-state index in [-0.39, 0.29) is 11.4 Å². The van der Waals surface area contributed by atoms with Gasteiger partial charge in [0.25, 0.3) is 0 Å². The molecule has 2 aromatic carbocycles. The van der Waals surface area contributed by atoms with E-state index in [2.05, 4.69) is 37.3 Å². The summed E-state index contributed by atoms with van der Waals surface area (Å²) in [6.07, 6.45) is 5.21. The molecular formula is C25H28O3. The van der Waals surface area contributed by atoms with Crippen LogP contribution in [0.3, 0.4) is 0 Å². The van der Waals surface area contributed by atoms with Crippen molar-refractivity contribution < 1.29 is 14.3 Å². The molecule has 2 aliphatic carbocycles. The molecule has 0 bridgehead atoms. The lowest BCUT2D eigenvalue weighted by atomic mass is 9.53. The summed E-state index contributed by atoms with van der Waals surface area (Å²) < 4.78 is 11.5. The standard InChI is InChI=1S/C25H28O3/c1-25-12-11-21-20-10-8-19(27-15-17-5-3-2-4-6-17)13-18(20)7-9-22(21)23(25)14-24(26)28-16-25/h2-6,8,10,13,21-23H,7,9,11-12,14-16H2,1H3/t21-,22-,23+,25-/m1/s1. The van der Waals surface area contributed by atoms with Gasteiger partial charge in [0.1, 0.15) is 12.4 Å². The molecule has 0 spiro atoms. The largest absolute Gasteiger partial charge is 0.489 e. The Morgan fingerprint density at radius 1 is 1.14 bits per heavy atom. The fourth-order valence-electron chi connectivity index (χ4n) is 5.84. The molecule has 1 saturated heterocycles. The Kier molecular flexibility index (Phi) is 4.41. The van der Waals surface area contributed by atoms with E-state index < -0.39 is 0 Å². The van der Waals surface area contributed by atoms with Crippen molar-refractivity contribution in [2.75, 3.05) is 6.61 Å². The molecule has 0 amide bonds. The van der Waals surface area contributed by atoms with Gasteiger partial charge in [-0.05, 0) is 72.3 Å². The van der Waals surface area contributed by atoms with Gasteiger partial charge in [-0.15, -0.1) is 0 Å². The first-order chi connectivity index (χ1) is 13.6. The summed E-state index contributed by atoms with van der Waals surface area (Å²) >= 11 is 0. The zero-order chi connectivity index (χ0) is 19.1. The van der Waals surface area contributed by atoms with Crippen molar-refractivity contribution in [3.05, 3.63) is 65.2 Å². The summed E-state index contributed by atoms with van der Waals surface area (Å²) in [7, 11) is 0. The van der Waals surface area contributed by atoms with E-state index in [4.69, 9.17) is 9.47 Å². The summed E-state index contributed by atoms with van der Waals surface area (Å²) in [4.78, 5) is 12.0. The average Bonchev–Trinajstić information content (AvgIpc) is 2.73. The van der Waals surface area contributed by atoms with Gasteiger partial charge >= 0.3 is 5.97 Å². The molecule has 0 N–H and O–H groups in total. The highest BCUT2D eigenvalue weighted by Crippen LogP contribution is 2.57. The molecule has 3 aliphatic rings. The van der Waals surface area contributed by atoms with Crippen molar-refractivity contribution in [3.63, 3.8) is 0 Å². The molecular weight excluding hydrogens is 348 g/mol. The lowest BCUT2D eigenvalue weighted by Crippen LogP contribution is -2.49. The van der Waals surface area contributed by atoms with Crippen molar-refractivity contribution in [2.24, 2.45) is 17.3 Å². The molecule has 0 radical (unpaired) electrons. The first-order valence-electron chi connectivity index (χ1n) is 10.6. The number of hydrogen-bond donors (Lipinski definition) is 0. The Hall–Kier alpha value is -2.29. The van der Waals surface area contributed by atoms with E-state index in [0.717, 1.165) is 18.6 Å². The van der Waals surface area contributed by atoms with Crippen LogP contribution in [0.4, 0.5) is 0 Å². The van der Waals surface area contributed by atoms with Crippen LogP contribution in [-0.4, -0.2) is 12.6 Å². The number of fused-ring (bicyclic) bond motifs is 5. The molecule has 0 unspecified atom stereocenters. The van der Waals surface area contributed by atoms with Crippen LogP contribution in [0, 0.1) is 17.3 Å². The Morgan fingerprint density at radius 2 is 2.00 bits per heavy atom.